The van der Waals surface area contributed by atoms with Gasteiger partial charge in [0, 0.05) is 5.56 Å². The van der Waals surface area contributed by atoms with Crippen LogP contribution in [0.4, 0.5) is 4.39 Å². The van der Waals surface area contributed by atoms with Gasteiger partial charge in [-0.1, -0.05) is 11.6 Å². The third-order valence-corrected chi connectivity index (χ3v) is 3.42. The van der Waals surface area contributed by atoms with Crippen molar-refractivity contribution in [3.8, 4) is 0 Å². The predicted molar refractivity (Wildman–Crippen MR) is 61.1 cm³/mol. The molecule has 1 atom stereocenters. The van der Waals surface area contributed by atoms with E-state index in [9.17, 15) is 9.18 Å². The molecule has 16 heavy (non-hydrogen) atoms. The molecule has 1 saturated carbocycles. The number of rotatable bonds is 3. The number of benzene rings is 1. The van der Waals surface area contributed by atoms with E-state index in [-0.39, 0.29) is 22.3 Å². The van der Waals surface area contributed by atoms with Crippen LogP contribution in [0.2, 0.25) is 5.02 Å². The molecule has 1 unspecified atom stereocenters. The second-order valence-corrected chi connectivity index (χ2v) is 4.92. The summed E-state index contributed by atoms with van der Waals surface area (Å²) in [6.07, 6.45) is 1.90. The van der Waals surface area contributed by atoms with E-state index in [1.54, 1.807) is 6.92 Å². The monoisotopic (exact) mass is 241 g/mol. The lowest BCUT2D eigenvalue weighted by Crippen LogP contribution is -2.47. The highest BCUT2D eigenvalue weighted by atomic mass is 35.5. The molecular formula is C12H13ClFNO. The van der Waals surface area contributed by atoms with Crippen molar-refractivity contribution in [3.05, 3.63) is 34.6 Å². The van der Waals surface area contributed by atoms with Gasteiger partial charge in [-0.05, 0) is 43.9 Å². The first-order chi connectivity index (χ1) is 7.43. The van der Waals surface area contributed by atoms with Crippen LogP contribution < -0.4 is 5.73 Å². The summed E-state index contributed by atoms with van der Waals surface area (Å²) < 4.78 is 13.1. The highest BCUT2D eigenvalue weighted by Crippen LogP contribution is 2.40. The van der Waals surface area contributed by atoms with E-state index < -0.39 is 11.4 Å². The molecule has 0 radical (unpaired) electrons. The van der Waals surface area contributed by atoms with Crippen LogP contribution >= 0.6 is 11.6 Å². The lowest BCUT2D eigenvalue weighted by molar-refractivity contribution is 0.0883. The van der Waals surface area contributed by atoms with Gasteiger partial charge < -0.3 is 5.73 Å². The van der Waals surface area contributed by atoms with Crippen LogP contribution in [0.5, 0.6) is 0 Å². The fourth-order valence-electron chi connectivity index (χ4n) is 1.83. The third kappa shape index (κ3) is 1.97. The summed E-state index contributed by atoms with van der Waals surface area (Å²) in [4.78, 5) is 12.1. The molecule has 86 valence electrons. The van der Waals surface area contributed by atoms with Gasteiger partial charge in [-0.3, -0.25) is 4.79 Å². The normalized spacial score (nSPS) is 19.2. The molecule has 0 aromatic heterocycles. The van der Waals surface area contributed by atoms with Gasteiger partial charge in [0.25, 0.3) is 0 Å². The summed E-state index contributed by atoms with van der Waals surface area (Å²) in [5, 5.41) is 0.253. The maximum absolute atomic E-state index is 13.1. The number of halogens is 2. The Labute approximate surface area is 98.6 Å². The van der Waals surface area contributed by atoms with Crippen LogP contribution in [0.1, 0.15) is 30.1 Å². The van der Waals surface area contributed by atoms with Crippen molar-refractivity contribution in [3.63, 3.8) is 0 Å². The zero-order valence-electron chi connectivity index (χ0n) is 8.97. The molecule has 0 bridgehead atoms. The van der Waals surface area contributed by atoms with Crippen LogP contribution in [-0.4, -0.2) is 11.3 Å². The Hall–Kier alpha value is -0.930. The Morgan fingerprint density at radius 1 is 1.56 bits per heavy atom. The van der Waals surface area contributed by atoms with Crippen molar-refractivity contribution in [1.82, 2.24) is 0 Å². The van der Waals surface area contributed by atoms with Crippen molar-refractivity contribution in [2.45, 2.75) is 25.3 Å². The van der Waals surface area contributed by atoms with E-state index in [0.29, 0.717) is 0 Å². The van der Waals surface area contributed by atoms with Crippen molar-refractivity contribution >= 4 is 17.4 Å². The summed E-state index contributed by atoms with van der Waals surface area (Å²) in [6, 6.07) is 3.76. The average molecular weight is 242 g/mol. The lowest BCUT2D eigenvalue weighted by atomic mass is 9.87. The first-order valence-electron chi connectivity index (χ1n) is 5.21. The highest BCUT2D eigenvalue weighted by Gasteiger charge is 2.44. The largest absolute Gasteiger partial charge is 0.319 e. The summed E-state index contributed by atoms with van der Waals surface area (Å²) in [7, 11) is 0. The lowest BCUT2D eigenvalue weighted by Gasteiger charge is -2.23. The summed E-state index contributed by atoms with van der Waals surface area (Å²) >= 11 is 5.88. The Morgan fingerprint density at radius 3 is 2.75 bits per heavy atom. The molecule has 0 amide bonds. The quantitative estimate of drug-likeness (QED) is 0.827. The molecule has 2 nitrogen and oxygen atoms in total. The number of ketones is 1. The molecule has 1 aromatic carbocycles. The fraction of sp³-hybridized carbons (Fsp3) is 0.417. The summed E-state index contributed by atoms with van der Waals surface area (Å²) in [5.41, 5.74) is 5.23. The standard InChI is InChI=1S/C12H13ClFNO/c1-12(15,7-2-3-7)11(16)9-6-8(14)4-5-10(9)13/h4-7H,2-3,15H2,1H3. The van der Waals surface area contributed by atoms with Gasteiger partial charge in [0.05, 0.1) is 10.6 Å². The van der Waals surface area contributed by atoms with Crippen LogP contribution in [0.15, 0.2) is 18.2 Å². The number of hydrogen-bond donors (Lipinski definition) is 1. The molecule has 1 fully saturated rings. The maximum Gasteiger partial charge on any atom is 0.184 e. The SMILES string of the molecule is CC(N)(C(=O)c1cc(F)ccc1Cl)C1CC1. The van der Waals surface area contributed by atoms with Gasteiger partial charge in [-0.2, -0.15) is 0 Å². The predicted octanol–water partition coefficient (Wildman–Crippen LogP) is 2.79. The van der Waals surface area contributed by atoms with Crippen molar-refractivity contribution in [1.29, 1.82) is 0 Å². The second-order valence-electron chi connectivity index (χ2n) is 4.51. The molecule has 0 spiro atoms. The highest BCUT2D eigenvalue weighted by molar-refractivity contribution is 6.34. The smallest absolute Gasteiger partial charge is 0.184 e. The molecule has 1 aliphatic carbocycles. The Kier molecular flexibility index (Phi) is 2.76. The van der Waals surface area contributed by atoms with E-state index in [1.165, 1.54) is 12.1 Å². The maximum atomic E-state index is 13.1. The fourth-order valence-corrected chi connectivity index (χ4v) is 2.03. The molecule has 0 aliphatic heterocycles. The molecule has 0 heterocycles. The minimum absolute atomic E-state index is 0.179. The molecular weight excluding hydrogens is 229 g/mol. The number of carbonyl (C=O) groups excluding carboxylic acids is 1. The van der Waals surface area contributed by atoms with E-state index in [4.69, 9.17) is 17.3 Å². The molecule has 1 aliphatic rings. The molecule has 4 heteroatoms. The third-order valence-electron chi connectivity index (χ3n) is 3.09. The number of Topliss-reactive ketones (excluding diaryl/α,β-unsaturated/α-hetero) is 1. The average Bonchev–Trinajstić information content (AvgIpc) is 3.04. The van der Waals surface area contributed by atoms with E-state index in [2.05, 4.69) is 0 Å². The molecule has 0 saturated heterocycles. The van der Waals surface area contributed by atoms with Gasteiger partial charge in [0.15, 0.2) is 5.78 Å². The van der Waals surface area contributed by atoms with Gasteiger partial charge in [0.1, 0.15) is 5.82 Å². The topological polar surface area (TPSA) is 43.1 Å². The van der Waals surface area contributed by atoms with Crippen LogP contribution in [-0.2, 0) is 0 Å². The van der Waals surface area contributed by atoms with E-state index in [1.807, 2.05) is 0 Å². The second kappa shape index (κ2) is 3.82. The Balaban J connectivity index is 2.36. The van der Waals surface area contributed by atoms with Crippen LogP contribution in [0.25, 0.3) is 0 Å². The summed E-state index contributed by atoms with van der Waals surface area (Å²) in [6.45, 7) is 1.69. The van der Waals surface area contributed by atoms with Gasteiger partial charge in [-0.15, -0.1) is 0 Å². The molecule has 2 N–H and O–H groups in total. The van der Waals surface area contributed by atoms with Crippen LogP contribution in [0, 0.1) is 11.7 Å². The first kappa shape index (κ1) is 11.6. The van der Waals surface area contributed by atoms with Crippen molar-refractivity contribution < 1.29 is 9.18 Å². The number of carbonyl (C=O) groups is 1. The molecule has 2 rings (SSSR count). The minimum Gasteiger partial charge on any atom is -0.319 e. The van der Waals surface area contributed by atoms with Gasteiger partial charge in [-0.25, -0.2) is 4.39 Å². The number of nitrogens with two attached hydrogens (primary N) is 1. The Morgan fingerprint density at radius 2 is 2.19 bits per heavy atom. The van der Waals surface area contributed by atoms with E-state index >= 15 is 0 Å². The van der Waals surface area contributed by atoms with Crippen molar-refractivity contribution in [2.75, 3.05) is 0 Å². The first-order valence-corrected chi connectivity index (χ1v) is 5.59. The summed E-state index contributed by atoms with van der Waals surface area (Å²) in [5.74, 6) is -0.557. The van der Waals surface area contributed by atoms with Crippen molar-refractivity contribution in [2.24, 2.45) is 11.7 Å². The minimum atomic E-state index is -0.933. The number of hydrogen-bond acceptors (Lipinski definition) is 2. The van der Waals surface area contributed by atoms with Crippen LogP contribution in [0.3, 0.4) is 0 Å². The van der Waals surface area contributed by atoms with Gasteiger partial charge in [0.2, 0.25) is 0 Å². The van der Waals surface area contributed by atoms with Gasteiger partial charge >= 0.3 is 0 Å². The zero-order chi connectivity index (χ0) is 11.9. The Bertz CT molecular complexity index is 441. The molecule has 1 aromatic rings. The van der Waals surface area contributed by atoms with E-state index in [0.717, 1.165) is 18.9 Å². The zero-order valence-corrected chi connectivity index (χ0v) is 9.72.